The molecule has 0 aliphatic carbocycles. The average Bonchev–Trinajstić information content (AvgIpc) is 3.47. The molecule has 184 valence electrons. The molecule has 2 aliphatic heterocycles. The Morgan fingerprint density at radius 1 is 1.24 bits per heavy atom. The normalized spacial score (nSPS) is 19.5. The van der Waals surface area contributed by atoms with E-state index in [-0.39, 0.29) is 29.9 Å². The molecule has 3 amide bonds. The third-order valence-electron chi connectivity index (χ3n) is 5.40. The van der Waals surface area contributed by atoms with Crippen molar-refractivity contribution in [2.45, 2.75) is 44.5 Å². The first-order valence-electron chi connectivity index (χ1n) is 11.4. The number of rotatable bonds is 10. The second-order valence-corrected chi connectivity index (χ2v) is 9.03. The number of amidine groups is 1. The van der Waals surface area contributed by atoms with Gasteiger partial charge in [-0.2, -0.15) is 4.99 Å². The molecule has 0 unspecified atom stereocenters. The van der Waals surface area contributed by atoms with Crippen molar-refractivity contribution in [2.24, 2.45) is 4.99 Å². The Morgan fingerprint density at radius 3 is 2.74 bits per heavy atom. The molecular weight excluding hydrogens is 460 g/mol. The summed E-state index contributed by atoms with van der Waals surface area (Å²) < 4.78 is 10.5. The molecule has 2 heterocycles. The standard InChI is InChI=1S/C23H30N4O6S/c1-3-27(4-2)23-26-21(30)18(34-23)12-19(28)25-16-8-5-7-15(11-16)22(31)33-14-20(29)24-13-17-9-6-10-32-17/h5,7-8,11,17-18H,3-4,6,9-10,12-14H2,1-2H3,(H,24,29)(H,25,28)/t17-,18-/m1/s1. The number of anilines is 1. The number of hydrogen-bond donors (Lipinski definition) is 2. The van der Waals surface area contributed by atoms with Crippen LogP contribution in [0.5, 0.6) is 0 Å². The number of carbonyl (C=O) groups excluding carboxylic acids is 4. The predicted octanol–water partition coefficient (Wildman–Crippen LogP) is 1.81. The quantitative estimate of drug-likeness (QED) is 0.476. The first kappa shape index (κ1) is 25.7. The fourth-order valence-corrected chi connectivity index (χ4v) is 4.73. The van der Waals surface area contributed by atoms with E-state index in [4.69, 9.17) is 9.47 Å². The van der Waals surface area contributed by atoms with Crippen LogP contribution in [0.3, 0.4) is 0 Å². The topological polar surface area (TPSA) is 126 Å². The lowest BCUT2D eigenvalue weighted by Crippen LogP contribution is -2.34. The van der Waals surface area contributed by atoms with E-state index in [1.807, 2.05) is 18.7 Å². The van der Waals surface area contributed by atoms with Crippen LogP contribution in [-0.4, -0.2) is 78.0 Å². The van der Waals surface area contributed by atoms with E-state index < -0.39 is 23.7 Å². The summed E-state index contributed by atoms with van der Waals surface area (Å²) >= 11 is 1.29. The van der Waals surface area contributed by atoms with Gasteiger partial charge in [-0.3, -0.25) is 14.4 Å². The number of aliphatic imine (C=N–C) groups is 1. The number of esters is 1. The van der Waals surface area contributed by atoms with Gasteiger partial charge in [0.2, 0.25) is 5.91 Å². The number of amides is 3. The number of hydrogen-bond acceptors (Lipinski definition) is 8. The zero-order valence-corrected chi connectivity index (χ0v) is 20.2. The summed E-state index contributed by atoms with van der Waals surface area (Å²) in [5, 5.41) is 5.45. The van der Waals surface area contributed by atoms with Gasteiger partial charge in [0.15, 0.2) is 11.8 Å². The lowest BCUT2D eigenvalue weighted by molar-refractivity contribution is -0.124. The number of thioether (sulfide) groups is 1. The number of benzene rings is 1. The van der Waals surface area contributed by atoms with Gasteiger partial charge in [0.1, 0.15) is 5.25 Å². The van der Waals surface area contributed by atoms with Gasteiger partial charge >= 0.3 is 5.97 Å². The number of nitrogens with zero attached hydrogens (tertiary/aromatic N) is 2. The first-order valence-corrected chi connectivity index (χ1v) is 12.3. The molecule has 1 fully saturated rings. The van der Waals surface area contributed by atoms with Crippen molar-refractivity contribution in [3.8, 4) is 0 Å². The van der Waals surface area contributed by atoms with Crippen molar-refractivity contribution in [2.75, 3.05) is 38.2 Å². The molecule has 0 saturated carbocycles. The fraction of sp³-hybridized carbons (Fsp3) is 0.522. The molecule has 2 atom stereocenters. The molecule has 0 aromatic heterocycles. The molecule has 3 rings (SSSR count). The second kappa shape index (κ2) is 12.5. The molecule has 0 bridgehead atoms. The highest BCUT2D eigenvalue weighted by Crippen LogP contribution is 2.27. The van der Waals surface area contributed by atoms with Crippen LogP contribution in [0.15, 0.2) is 29.3 Å². The highest BCUT2D eigenvalue weighted by Gasteiger charge is 2.32. The zero-order valence-electron chi connectivity index (χ0n) is 19.4. The van der Waals surface area contributed by atoms with Crippen molar-refractivity contribution < 1.29 is 28.7 Å². The molecule has 1 aromatic rings. The van der Waals surface area contributed by atoms with Gasteiger partial charge < -0.3 is 25.0 Å². The zero-order chi connectivity index (χ0) is 24.5. The minimum atomic E-state index is -0.679. The fourth-order valence-electron chi connectivity index (χ4n) is 3.54. The van der Waals surface area contributed by atoms with E-state index in [9.17, 15) is 19.2 Å². The van der Waals surface area contributed by atoms with Crippen molar-refractivity contribution in [3.05, 3.63) is 29.8 Å². The summed E-state index contributed by atoms with van der Waals surface area (Å²) in [6.45, 7) is 6.10. The molecule has 0 radical (unpaired) electrons. The van der Waals surface area contributed by atoms with Crippen molar-refractivity contribution in [1.29, 1.82) is 0 Å². The highest BCUT2D eigenvalue weighted by atomic mass is 32.2. The van der Waals surface area contributed by atoms with Gasteiger partial charge in [-0.25, -0.2) is 4.79 Å². The Labute approximate surface area is 202 Å². The van der Waals surface area contributed by atoms with Gasteiger partial charge in [0, 0.05) is 38.3 Å². The third-order valence-corrected chi connectivity index (χ3v) is 6.61. The average molecular weight is 491 g/mol. The van der Waals surface area contributed by atoms with E-state index in [0.29, 0.717) is 24.0 Å². The molecular formula is C23H30N4O6S. The number of nitrogens with one attached hydrogen (secondary N) is 2. The minimum Gasteiger partial charge on any atom is -0.452 e. The van der Waals surface area contributed by atoms with E-state index in [0.717, 1.165) is 25.9 Å². The van der Waals surface area contributed by atoms with Gasteiger partial charge in [0.25, 0.3) is 11.8 Å². The van der Waals surface area contributed by atoms with Gasteiger partial charge in [-0.1, -0.05) is 17.8 Å². The summed E-state index contributed by atoms with van der Waals surface area (Å²) in [6, 6.07) is 6.22. The van der Waals surface area contributed by atoms with Crippen LogP contribution in [0.4, 0.5) is 5.69 Å². The monoisotopic (exact) mass is 490 g/mol. The van der Waals surface area contributed by atoms with E-state index >= 15 is 0 Å². The Morgan fingerprint density at radius 2 is 2.03 bits per heavy atom. The van der Waals surface area contributed by atoms with Crippen LogP contribution in [0.2, 0.25) is 0 Å². The predicted molar refractivity (Wildman–Crippen MR) is 129 cm³/mol. The Balaban J connectivity index is 1.45. The Hall–Kier alpha value is -2.92. The number of carbonyl (C=O) groups is 4. The largest absolute Gasteiger partial charge is 0.452 e. The Kier molecular flexibility index (Phi) is 9.46. The molecule has 34 heavy (non-hydrogen) atoms. The van der Waals surface area contributed by atoms with Crippen LogP contribution in [0.1, 0.15) is 43.5 Å². The third kappa shape index (κ3) is 7.29. The van der Waals surface area contributed by atoms with Gasteiger partial charge in [-0.05, 0) is 44.9 Å². The highest BCUT2D eigenvalue weighted by molar-refractivity contribution is 8.15. The summed E-state index contributed by atoms with van der Waals surface area (Å²) in [5.41, 5.74) is 0.589. The van der Waals surface area contributed by atoms with E-state index in [1.54, 1.807) is 12.1 Å². The smallest absolute Gasteiger partial charge is 0.338 e. The lowest BCUT2D eigenvalue weighted by Gasteiger charge is -2.19. The van der Waals surface area contributed by atoms with E-state index in [2.05, 4.69) is 15.6 Å². The maximum absolute atomic E-state index is 12.5. The maximum Gasteiger partial charge on any atom is 0.338 e. The SMILES string of the molecule is CCN(CC)C1=NC(=O)[C@@H](CC(=O)Nc2cccc(C(=O)OCC(=O)NC[C@H]3CCCO3)c2)S1. The van der Waals surface area contributed by atoms with Crippen LogP contribution < -0.4 is 10.6 Å². The summed E-state index contributed by atoms with van der Waals surface area (Å²) in [6.07, 6.45) is 1.85. The molecule has 2 aliphatic rings. The van der Waals surface area contributed by atoms with Crippen LogP contribution >= 0.6 is 11.8 Å². The molecule has 1 saturated heterocycles. The molecule has 11 heteroatoms. The van der Waals surface area contributed by atoms with Crippen molar-refractivity contribution in [3.63, 3.8) is 0 Å². The molecule has 2 N–H and O–H groups in total. The molecule has 10 nitrogen and oxygen atoms in total. The van der Waals surface area contributed by atoms with Crippen LogP contribution in [0, 0.1) is 0 Å². The first-order chi connectivity index (χ1) is 16.4. The number of ether oxygens (including phenoxy) is 2. The molecule has 1 aromatic carbocycles. The van der Waals surface area contributed by atoms with E-state index in [1.165, 1.54) is 23.9 Å². The maximum atomic E-state index is 12.5. The summed E-state index contributed by atoms with van der Waals surface area (Å²) in [4.78, 5) is 54.9. The summed E-state index contributed by atoms with van der Waals surface area (Å²) in [7, 11) is 0. The second-order valence-electron chi connectivity index (χ2n) is 7.86. The minimum absolute atomic E-state index is 0.00764. The van der Waals surface area contributed by atoms with Gasteiger partial charge in [-0.15, -0.1) is 0 Å². The Bertz CT molecular complexity index is 943. The van der Waals surface area contributed by atoms with Crippen LogP contribution in [-0.2, 0) is 23.9 Å². The van der Waals surface area contributed by atoms with Crippen molar-refractivity contribution in [1.82, 2.24) is 10.2 Å². The van der Waals surface area contributed by atoms with Crippen molar-refractivity contribution >= 4 is 46.3 Å². The molecule has 0 spiro atoms. The lowest BCUT2D eigenvalue weighted by atomic mass is 10.2. The van der Waals surface area contributed by atoms with Gasteiger partial charge in [0.05, 0.1) is 11.7 Å². The summed E-state index contributed by atoms with van der Waals surface area (Å²) in [5.74, 6) is -1.77. The van der Waals surface area contributed by atoms with Crippen LogP contribution in [0.25, 0.3) is 0 Å².